The van der Waals surface area contributed by atoms with Gasteiger partial charge >= 0.3 is 5.97 Å². The predicted octanol–water partition coefficient (Wildman–Crippen LogP) is 3.97. The van der Waals surface area contributed by atoms with E-state index in [1.54, 1.807) is 0 Å². The average molecular weight is 302 g/mol. The van der Waals surface area contributed by atoms with Crippen molar-refractivity contribution in [3.63, 3.8) is 0 Å². The predicted molar refractivity (Wildman–Crippen MR) is 89.9 cm³/mol. The summed E-state index contributed by atoms with van der Waals surface area (Å²) >= 11 is 0. The number of methoxy groups -OCH3 is 1. The van der Waals surface area contributed by atoms with E-state index < -0.39 is 0 Å². The van der Waals surface area contributed by atoms with Gasteiger partial charge in [-0.15, -0.1) is 0 Å². The molecule has 4 nitrogen and oxygen atoms in total. The van der Waals surface area contributed by atoms with E-state index in [0.29, 0.717) is 11.5 Å². The minimum absolute atomic E-state index is 0.379. The number of esters is 1. The number of ether oxygens (including phenoxy) is 1. The molecule has 0 fully saturated rings. The number of hydrogen-bond acceptors (Lipinski definition) is 3. The molecule has 2 heterocycles. The maximum Gasteiger partial charge on any atom is 0.355 e. The van der Waals surface area contributed by atoms with Crippen LogP contribution >= 0.6 is 0 Å². The molecule has 0 radical (unpaired) electrons. The molecule has 4 rings (SSSR count). The van der Waals surface area contributed by atoms with Crippen LogP contribution in [0, 0.1) is 0 Å². The SMILES string of the molecule is COC(=O)c1cc2ccccc2n1-c1cc2ccccc2cn1. The molecule has 23 heavy (non-hydrogen) atoms. The third-order valence-electron chi connectivity index (χ3n) is 3.95. The maximum absolute atomic E-state index is 12.2. The quantitative estimate of drug-likeness (QED) is 0.526. The number of nitrogens with zero attached hydrogens (tertiary/aromatic N) is 2. The largest absolute Gasteiger partial charge is 0.464 e. The van der Waals surface area contributed by atoms with Gasteiger partial charge in [-0.3, -0.25) is 4.57 Å². The highest BCUT2D eigenvalue weighted by atomic mass is 16.5. The number of fused-ring (bicyclic) bond motifs is 2. The molecular formula is C19H14N2O2. The molecule has 0 bridgehead atoms. The minimum atomic E-state index is -0.379. The van der Waals surface area contributed by atoms with Crippen LogP contribution in [0.4, 0.5) is 0 Å². The van der Waals surface area contributed by atoms with Crippen LogP contribution in [-0.4, -0.2) is 22.6 Å². The number of hydrogen-bond donors (Lipinski definition) is 0. The fraction of sp³-hybridized carbons (Fsp3) is 0.0526. The van der Waals surface area contributed by atoms with Crippen LogP contribution in [0.2, 0.25) is 0 Å². The fourth-order valence-corrected chi connectivity index (χ4v) is 2.85. The van der Waals surface area contributed by atoms with Crippen LogP contribution < -0.4 is 0 Å². The maximum atomic E-state index is 12.2. The minimum Gasteiger partial charge on any atom is -0.464 e. The van der Waals surface area contributed by atoms with Gasteiger partial charge in [0.15, 0.2) is 0 Å². The number of pyridine rings is 1. The smallest absolute Gasteiger partial charge is 0.355 e. The highest BCUT2D eigenvalue weighted by Gasteiger charge is 2.18. The third-order valence-corrected chi connectivity index (χ3v) is 3.95. The Hall–Kier alpha value is -3.14. The molecule has 4 heteroatoms. The second-order valence-corrected chi connectivity index (χ2v) is 5.31. The zero-order valence-corrected chi connectivity index (χ0v) is 12.6. The van der Waals surface area contributed by atoms with E-state index in [9.17, 15) is 4.79 Å². The van der Waals surface area contributed by atoms with Gasteiger partial charge < -0.3 is 4.74 Å². The Morgan fingerprint density at radius 3 is 2.43 bits per heavy atom. The van der Waals surface area contributed by atoms with Crippen LogP contribution in [0.3, 0.4) is 0 Å². The first-order valence-electron chi connectivity index (χ1n) is 7.32. The second-order valence-electron chi connectivity index (χ2n) is 5.31. The van der Waals surface area contributed by atoms with Crippen molar-refractivity contribution in [3.05, 3.63) is 72.6 Å². The zero-order valence-electron chi connectivity index (χ0n) is 12.6. The first kappa shape index (κ1) is 13.5. The molecule has 0 amide bonds. The normalized spacial score (nSPS) is 11.0. The van der Waals surface area contributed by atoms with Crippen molar-refractivity contribution in [3.8, 4) is 5.82 Å². The van der Waals surface area contributed by atoms with E-state index in [0.717, 1.165) is 21.7 Å². The highest BCUT2D eigenvalue weighted by Crippen LogP contribution is 2.25. The number of para-hydroxylation sites is 1. The Bertz CT molecular complexity index is 1030. The van der Waals surface area contributed by atoms with Crippen molar-refractivity contribution < 1.29 is 9.53 Å². The van der Waals surface area contributed by atoms with Crippen LogP contribution in [0.15, 0.2) is 66.9 Å². The number of aromatic nitrogens is 2. The Morgan fingerprint density at radius 1 is 0.957 bits per heavy atom. The van der Waals surface area contributed by atoms with E-state index >= 15 is 0 Å². The summed E-state index contributed by atoms with van der Waals surface area (Å²) in [6.07, 6.45) is 1.82. The van der Waals surface area contributed by atoms with Gasteiger partial charge in [0.2, 0.25) is 0 Å². The van der Waals surface area contributed by atoms with Crippen molar-refractivity contribution in [2.24, 2.45) is 0 Å². The van der Waals surface area contributed by atoms with Gasteiger partial charge in [0, 0.05) is 17.0 Å². The molecule has 0 aliphatic heterocycles. The van der Waals surface area contributed by atoms with Gasteiger partial charge in [-0.05, 0) is 23.6 Å². The molecule has 4 aromatic rings. The molecular weight excluding hydrogens is 288 g/mol. The number of rotatable bonds is 2. The Kier molecular flexibility index (Phi) is 3.08. The fourth-order valence-electron chi connectivity index (χ4n) is 2.85. The lowest BCUT2D eigenvalue weighted by molar-refractivity contribution is 0.0592. The number of benzene rings is 2. The first-order valence-corrected chi connectivity index (χ1v) is 7.32. The van der Waals surface area contributed by atoms with E-state index in [-0.39, 0.29) is 5.97 Å². The van der Waals surface area contributed by atoms with Gasteiger partial charge in [-0.25, -0.2) is 9.78 Å². The molecule has 2 aromatic heterocycles. The summed E-state index contributed by atoms with van der Waals surface area (Å²) in [4.78, 5) is 16.7. The average Bonchev–Trinajstić information content (AvgIpc) is 3.00. The van der Waals surface area contributed by atoms with Crippen LogP contribution in [0.25, 0.3) is 27.5 Å². The molecule has 2 aromatic carbocycles. The molecule has 0 aliphatic rings. The lowest BCUT2D eigenvalue weighted by Crippen LogP contribution is -2.10. The topological polar surface area (TPSA) is 44.1 Å². The molecule has 0 atom stereocenters. The van der Waals surface area contributed by atoms with Crippen LogP contribution in [-0.2, 0) is 4.74 Å². The van der Waals surface area contributed by atoms with E-state index in [2.05, 4.69) is 4.98 Å². The first-order chi connectivity index (χ1) is 11.3. The molecule has 0 N–H and O–H groups in total. The summed E-state index contributed by atoms with van der Waals surface area (Å²) in [6.45, 7) is 0. The van der Waals surface area contributed by atoms with Crippen molar-refractivity contribution >= 4 is 27.6 Å². The van der Waals surface area contributed by atoms with Gasteiger partial charge in [0.25, 0.3) is 0 Å². The monoisotopic (exact) mass is 302 g/mol. The van der Waals surface area contributed by atoms with E-state index in [1.165, 1.54) is 7.11 Å². The Balaban J connectivity index is 2.03. The Morgan fingerprint density at radius 2 is 1.65 bits per heavy atom. The van der Waals surface area contributed by atoms with Crippen LogP contribution in [0.1, 0.15) is 10.5 Å². The van der Waals surface area contributed by atoms with Gasteiger partial charge in [-0.2, -0.15) is 0 Å². The molecule has 0 unspecified atom stereocenters. The molecule has 0 aliphatic carbocycles. The van der Waals surface area contributed by atoms with Crippen molar-refractivity contribution in [2.75, 3.05) is 7.11 Å². The van der Waals surface area contributed by atoms with Gasteiger partial charge in [0.05, 0.1) is 12.6 Å². The summed E-state index contributed by atoms with van der Waals surface area (Å²) in [5, 5.41) is 3.11. The second kappa shape index (κ2) is 5.25. The molecule has 0 saturated heterocycles. The van der Waals surface area contributed by atoms with Crippen molar-refractivity contribution in [1.29, 1.82) is 0 Å². The van der Waals surface area contributed by atoms with Crippen molar-refractivity contribution in [2.45, 2.75) is 0 Å². The summed E-state index contributed by atoms with van der Waals surface area (Å²) in [5.41, 5.74) is 1.40. The third kappa shape index (κ3) is 2.16. The van der Waals surface area contributed by atoms with Crippen LogP contribution in [0.5, 0.6) is 0 Å². The zero-order chi connectivity index (χ0) is 15.8. The van der Waals surface area contributed by atoms with Crippen molar-refractivity contribution in [1.82, 2.24) is 9.55 Å². The lowest BCUT2D eigenvalue weighted by atomic mass is 10.2. The molecule has 0 spiro atoms. The number of carbonyl (C=O) groups is 1. The number of carbonyl (C=O) groups excluding carboxylic acids is 1. The highest BCUT2D eigenvalue weighted by molar-refractivity contribution is 5.97. The summed E-state index contributed by atoms with van der Waals surface area (Å²) < 4.78 is 6.77. The lowest BCUT2D eigenvalue weighted by Gasteiger charge is -2.09. The standard InChI is InChI=1S/C19H14N2O2/c1-23-19(22)17-10-14-7-4-5-9-16(14)21(17)18-11-13-6-2-3-8-15(13)12-20-18/h2-12H,1H3. The van der Waals surface area contributed by atoms with E-state index in [4.69, 9.17) is 4.74 Å². The molecule has 0 saturated carbocycles. The van der Waals surface area contributed by atoms with Gasteiger partial charge in [-0.1, -0.05) is 42.5 Å². The summed E-state index contributed by atoms with van der Waals surface area (Å²) in [6, 6.07) is 19.7. The van der Waals surface area contributed by atoms with Gasteiger partial charge in [0.1, 0.15) is 11.5 Å². The molecule has 112 valence electrons. The summed E-state index contributed by atoms with van der Waals surface area (Å²) in [5.74, 6) is 0.321. The Labute approximate surface area is 132 Å². The summed E-state index contributed by atoms with van der Waals surface area (Å²) in [7, 11) is 1.39. The van der Waals surface area contributed by atoms with E-state index in [1.807, 2.05) is 71.4 Å².